The third-order valence-corrected chi connectivity index (χ3v) is 7.27. The lowest BCUT2D eigenvalue weighted by molar-refractivity contribution is 0.228. The molecule has 0 bridgehead atoms. The molecule has 1 aromatic rings. The van der Waals surface area contributed by atoms with Crippen LogP contribution in [0, 0.1) is 11.8 Å². The summed E-state index contributed by atoms with van der Waals surface area (Å²) >= 11 is 9.21. The summed E-state index contributed by atoms with van der Waals surface area (Å²) in [5.41, 5.74) is 0. The van der Waals surface area contributed by atoms with E-state index in [9.17, 15) is 8.42 Å². The standard InChI is InChI=1S/C13H16BrClN2O2S/c14-12-5-11(1-2-13(12)15)20(18,19)17-4-3-9-6-16-7-10(9)8-17/h1-2,5,9-10,16H,3-4,6-8H2. The Morgan fingerprint density at radius 2 is 2.05 bits per heavy atom. The lowest BCUT2D eigenvalue weighted by atomic mass is 9.90. The maximum atomic E-state index is 12.7. The molecule has 1 aromatic carbocycles. The number of hydrogen-bond acceptors (Lipinski definition) is 3. The number of nitrogens with one attached hydrogen (secondary N) is 1. The van der Waals surface area contributed by atoms with Gasteiger partial charge in [-0.1, -0.05) is 11.6 Å². The molecule has 0 radical (unpaired) electrons. The second-order valence-corrected chi connectivity index (χ2v) is 8.61. The highest BCUT2D eigenvalue weighted by molar-refractivity contribution is 9.10. The van der Waals surface area contributed by atoms with Crippen molar-refractivity contribution < 1.29 is 8.42 Å². The molecule has 2 aliphatic rings. The summed E-state index contributed by atoms with van der Waals surface area (Å²) in [4.78, 5) is 0.304. The molecule has 2 saturated heterocycles. The fourth-order valence-corrected chi connectivity index (χ4v) is 5.19. The number of nitrogens with zero attached hydrogens (tertiary/aromatic N) is 1. The van der Waals surface area contributed by atoms with Crippen LogP contribution in [0.3, 0.4) is 0 Å². The predicted molar refractivity (Wildman–Crippen MR) is 82.4 cm³/mol. The van der Waals surface area contributed by atoms with Crippen molar-refractivity contribution in [3.63, 3.8) is 0 Å². The smallest absolute Gasteiger partial charge is 0.243 e. The van der Waals surface area contributed by atoms with E-state index in [0.717, 1.165) is 19.5 Å². The lowest BCUT2D eigenvalue weighted by Gasteiger charge is -2.33. The molecule has 0 amide bonds. The quantitative estimate of drug-likeness (QED) is 0.858. The highest BCUT2D eigenvalue weighted by atomic mass is 79.9. The number of halogens is 2. The molecule has 7 heteroatoms. The largest absolute Gasteiger partial charge is 0.316 e. The Hall–Kier alpha value is -0.140. The summed E-state index contributed by atoms with van der Waals surface area (Å²) in [5, 5.41) is 3.86. The minimum atomic E-state index is -3.42. The van der Waals surface area contributed by atoms with Gasteiger partial charge >= 0.3 is 0 Å². The summed E-state index contributed by atoms with van der Waals surface area (Å²) in [6.45, 7) is 3.15. The molecule has 3 rings (SSSR count). The summed E-state index contributed by atoms with van der Waals surface area (Å²) in [5.74, 6) is 1.06. The van der Waals surface area contributed by atoms with Crippen LogP contribution in [0.2, 0.25) is 5.02 Å². The van der Waals surface area contributed by atoms with E-state index in [2.05, 4.69) is 21.2 Å². The summed E-state index contributed by atoms with van der Waals surface area (Å²) in [7, 11) is -3.42. The average Bonchev–Trinajstić information content (AvgIpc) is 2.89. The van der Waals surface area contributed by atoms with Crippen LogP contribution in [-0.4, -0.2) is 38.9 Å². The normalized spacial score (nSPS) is 27.5. The van der Waals surface area contributed by atoms with E-state index >= 15 is 0 Å². The first-order valence-electron chi connectivity index (χ1n) is 6.64. The number of benzene rings is 1. The number of rotatable bonds is 2. The monoisotopic (exact) mass is 378 g/mol. The molecule has 0 aliphatic carbocycles. The maximum Gasteiger partial charge on any atom is 0.243 e. The molecular weight excluding hydrogens is 364 g/mol. The van der Waals surface area contributed by atoms with Gasteiger partial charge in [0.05, 0.1) is 9.92 Å². The first-order valence-corrected chi connectivity index (χ1v) is 9.25. The lowest BCUT2D eigenvalue weighted by Crippen LogP contribution is -2.43. The van der Waals surface area contributed by atoms with Gasteiger partial charge in [-0.05, 0) is 65.5 Å². The fourth-order valence-electron chi connectivity index (χ4n) is 3.01. The second kappa shape index (κ2) is 5.57. The number of hydrogen-bond donors (Lipinski definition) is 1. The van der Waals surface area contributed by atoms with E-state index in [1.54, 1.807) is 22.5 Å². The minimum absolute atomic E-state index is 0.304. The van der Waals surface area contributed by atoms with E-state index in [0.29, 0.717) is 39.3 Å². The Balaban J connectivity index is 1.86. The van der Waals surface area contributed by atoms with Crippen molar-refractivity contribution in [2.24, 2.45) is 11.8 Å². The van der Waals surface area contributed by atoms with Crippen molar-refractivity contribution in [3.05, 3.63) is 27.7 Å². The number of fused-ring (bicyclic) bond motifs is 1. The highest BCUT2D eigenvalue weighted by Crippen LogP contribution is 2.32. The van der Waals surface area contributed by atoms with Crippen LogP contribution in [0.5, 0.6) is 0 Å². The van der Waals surface area contributed by atoms with Gasteiger partial charge in [-0.3, -0.25) is 0 Å². The number of sulfonamides is 1. The zero-order valence-electron chi connectivity index (χ0n) is 10.9. The molecule has 2 heterocycles. The topological polar surface area (TPSA) is 49.4 Å². The van der Waals surface area contributed by atoms with Crippen molar-refractivity contribution >= 4 is 37.6 Å². The van der Waals surface area contributed by atoms with Gasteiger partial charge in [0.2, 0.25) is 10.0 Å². The third kappa shape index (κ3) is 2.64. The zero-order chi connectivity index (χ0) is 14.3. The van der Waals surface area contributed by atoms with Crippen LogP contribution in [-0.2, 0) is 10.0 Å². The highest BCUT2D eigenvalue weighted by Gasteiger charge is 2.37. The Labute approximate surface area is 132 Å². The zero-order valence-corrected chi connectivity index (χ0v) is 14.0. The van der Waals surface area contributed by atoms with Crippen LogP contribution < -0.4 is 5.32 Å². The van der Waals surface area contributed by atoms with Gasteiger partial charge in [0, 0.05) is 17.6 Å². The van der Waals surface area contributed by atoms with Crippen LogP contribution in [0.4, 0.5) is 0 Å². The Bertz CT molecular complexity index is 623. The fraction of sp³-hybridized carbons (Fsp3) is 0.538. The van der Waals surface area contributed by atoms with Gasteiger partial charge < -0.3 is 5.32 Å². The molecule has 2 aliphatic heterocycles. The first kappa shape index (κ1) is 14.8. The van der Waals surface area contributed by atoms with E-state index in [1.807, 2.05) is 0 Å². The van der Waals surface area contributed by atoms with Gasteiger partial charge in [-0.2, -0.15) is 4.31 Å². The maximum absolute atomic E-state index is 12.7. The molecule has 2 fully saturated rings. The molecule has 2 atom stereocenters. The van der Waals surface area contributed by atoms with Gasteiger partial charge in [0.25, 0.3) is 0 Å². The Kier molecular flexibility index (Phi) is 4.12. The van der Waals surface area contributed by atoms with Crippen LogP contribution >= 0.6 is 27.5 Å². The predicted octanol–water partition coefficient (Wildman–Crippen LogP) is 2.33. The molecule has 2 unspecified atom stereocenters. The summed E-state index contributed by atoms with van der Waals surface area (Å²) in [6, 6.07) is 4.76. The van der Waals surface area contributed by atoms with Crippen LogP contribution in [0.15, 0.2) is 27.6 Å². The van der Waals surface area contributed by atoms with Crippen LogP contribution in [0.25, 0.3) is 0 Å². The molecule has 0 spiro atoms. The van der Waals surface area contributed by atoms with Crippen molar-refractivity contribution in [1.82, 2.24) is 9.62 Å². The minimum Gasteiger partial charge on any atom is -0.316 e. The van der Waals surface area contributed by atoms with E-state index in [4.69, 9.17) is 11.6 Å². The SMILES string of the molecule is O=S(=O)(c1ccc(Cl)c(Br)c1)N1CCC2CNCC2C1. The molecule has 4 nitrogen and oxygen atoms in total. The van der Waals surface area contributed by atoms with Gasteiger partial charge in [-0.25, -0.2) is 8.42 Å². The van der Waals surface area contributed by atoms with Gasteiger partial charge in [0.15, 0.2) is 0 Å². The van der Waals surface area contributed by atoms with Crippen molar-refractivity contribution in [1.29, 1.82) is 0 Å². The molecule has 0 aromatic heterocycles. The van der Waals surface area contributed by atoms with Gasteiger partial charge in [0.1, 0.15) is 0 Å². The van der Waals surface area contributed by atoms with Crippen molar-refractivity contribution in [2.45, 2.75) is 11.3 Å². The van der Waals surface area contributed by atoms with E-state index in [-0.39, 0.29) is 0 Å². The van der Waals surface area contributed by atoms with E-state index in [1.165, 1.54) is 0 Å². The van der Waals surface area contributed by atoms with Crippen molar-refractivity contribution in [3.8, 4) is 0 Å². The van der Waals surface area contributed by atoms with Crippen LogP contribution in [0.1, 0.15) is 6.42 Å². The molecule has 110 valence electrons. The summed E-state index contributed by atoms with van der Waals surface area (Å²) in [6.07, 6.45) is 0.936. The Morgan fingerprint density at radius 3 is 2.80 bits per heavy atom. The summed E-state index contributed by atoms with van der Waals surface area (Å²) < 4.78 is 27.6. The number of piperidine rings is 1. The molecule has 20 heavy (non-hydrogen) atoms. The Morgan fingerprint density at radius 1 is 1.30 bits per heavy atom. The average molecular weight is 380 g/mol. The van der Waals surface area contributed by atoms with Gasteiger partial charge in [-0.15, -0.1) is 0 Å². The van der Waals surface area contributed by atoms with Crippen molar-refractivity contribution in [2.75, 3.05) is 26.2 Å². The third-order valence-electron chi connectivity index (χ3n) is 4.20. The first-order chi connectivity index (χ1) is 9.48. The second-order valence-electron chi connectivity index (χ2n) is 5.41. The molecule has 0 saturated carbocycles. The molecule has 1 N–H and O–H groups in total. The van der Waals surface area contributed by atoms with E-state index < -0.39 is 10.0 Å². The molecular formula is C13H16BrClN2O2S.